The molecule has 0 rings (SSSR count). The number of ether oxygens (including phenoxy) is 1. The van der Waals surface area contributed by atoms with Gasteiger partial charge in [-0.25, -0.2) is 4.79 Å². The van der Waals surface area contributed by atoms with Crippen molar-refractivity contribution in [3.63, 3.8) is 0 Å². The van der Waals surface area contributed by atoms with Gasteiger partial charge in [-0.2, -0.15) is 10.5 Å². The molecule has 0 unspecified atom stereocenters. The summed E-state index contributed by atoms with van der Waals surface area (Å²) < 4.78 is 4.47. The molecular formula is C8H11N3O2. The van der Waals surface area contributed by atoms with Crippen LogP contribution >= 0.6 is 0 Å². The van der Waals surface area contributed by atoms with Gasteiger partial charge in [-0.3, -0.25) is 0 Å². The van der Waals surface area contributed by atoms with E-state index < -0.39 is 6.09 Å². The van der Waals surface area contributed by atoms with E-state index in [1.165, 1.54) is 12.0 Å². The normalized spacial score (nSPS) is 8.23. The Kier molecular flexibility index (Phi) is 6.00. The first-order valence-electron chi connectivity index (χ1n) is 3.83. The Hall–Kier alpha value is -1.75. The molecule has 0 aliphatic carbocycles. The van der Waals surface area contributed by atoms with Crippen LogP contribution in [0.25, 0.3) is 0 Å². The van der Waals surface area contributed by atoms with Crippen LogP contribution in [0.3, 0.4) is 0 Å². The third-order valence-corrected chi connectivity index (χ3v) is 1.42. The monoisotopic (exact) mass is 181 g/mol. The highest BCUT2D eigenvalue weighted by molar-refractivity contribution is 5.67. The number of hydrogen-bond acceptors (Lipinski definition) is 4. The van der Waals surface area contributed by atoms with E-state index in [1.807, 2.05) is 12.1 Å². The van der Waals surface area contributed by atoms with Crippen molar-refractivity contribution in [2.45, 2.75) is 12.8 Å². The van der Waals surface area contributed by atoms with Gasteiger partial charge in [0.05, 0.1) is 32.1 Å². The smallest absolute Gasteiger partial charge is 0.409 e. The average Bonchev–Trinajstić information content (AvgIpc) is 2.17. The molecule has 1 amide bonds. The van der Waals surface area contributed by atoms with Gasteiger partial charge >= 0.3 is 6.09 Å². The van der Waals surface area contributed by atoms with Gasteiger partial charge in [0, 0.05) is 13.1 Å². The first-order valence-corrected chi connectivity index (χ1v) is 3.83. The van der Waals surface area contributed by atoms with Gasteiger partial charge in [0.15, 0.2) is 0 Å². The molecule has 0 saturated carbocycles. The van der Waals surface area contributed by atoms with Crippen molar-refractivity contribution in [3.8, 4) is 12.1 Å². The van der Waals surface area contributed by atoms with E-state index in [1.54, 1.807) is 0 Å². The molecule has 13 heavy (non-hydrogen) atoms. The minimum absolute atomic E-state index is 0.251. The molecule has 5 nitrogen and oxygen atoms in total. The van der Waals surface area contributed by atoms with Crippen molar-refractivity contribution < 1.29 is 9.53 Å². The molecule has 0 aliphatic heterocycles. The van der Waals surface area contributed by atoms with Gasteiger partial charge in [-0.15, -0.1) is 0 Å². The number of carbonyl (C=O) groups is 1. The zero-order valence-electron chi connectivity index (χ0n) is 7.49. The molecule has 0 aromatic heterocycles. The number of carbonyl (C=O) groups excluding carboxylic acids is 1. The number of rotatable bonds is 4. The van der Waals surface area contributed by atoms with Crippen LogP contribution in [0.5, 0.6) is 0 Å². The molecule has 0 spiro atoms. The molecule has 5 heteroatoms. The first kappa shape index (κ1) is 11.2. The number of amides is 1. The Bertz CT molecular complexity index is 221. The molecule has 0 radical (unpaired) electrons. The van der Waals surface area contributed by atoms with Crippen LogP contribution in [0.1, 0.15) is 12.8 Å². The van der Waals surface area contributed by atoms with E-state index in [0.29, 0.717) is 13.1 Å². The molecular weight excluding hydrogens is 170 g/mol. The summed E-state index contributed by atoms with van der Waals surface area (Å²) in [6.45, 7) is 0.621. The average molecular weight is 181 g/mol. The lowest BCUT2D eigenvalue weighted by atomic mass is 10.4. The van der Waals surface area contributed by atoms with Crippen LogP contribution in [0.15, 0.2) is 0 Å². The van der Waals surface area contributed by atoms with E-state index in [4.69, 9.17) is 10.5 Å². The maximum atomic E-state index is 11.0. The topological polar surface area (TPSA) is 77.1 Å². The Morgan fingerprint density at radius 2 is 1.77 bits per heavy atom. The maximum Gasteiger partial charge on any atom is 0.409 e. The zero-order valence-corrected chi connectivity index (χ0v) is 7.49. The van der Waals surface area contributed by atoms with E-state index in [9.17, 15) is 4.79 Å². The minimum atomic E-state index is -0.495. The molecule has 0 bridgehead atoms. The quantitative estimate of drug-likeness (QED) is 0.645. The van der Waals surface area contributed by atoms with Gasteiger partial charge in [-0.1, -0.05) is 0 Å². The van der Waals surface area contributed by atoms with Crippen molar-refractivity contribution in [1.29, 1.82) is 10.5 Å². The standard InChI is InChI=1S/C8H11N3O2/c1-13-8(12)11(6-2-4-9)7-3-5-10/h2-3,6-7H2,1H3. The van der Waals surface area contributed by atoms with Gasteiger partial charge in [0.2, 0.25) is 0 Å². The van der Waals surface area contributed by atoms with E-state index in [0.717, 1.165) is 0 Å². The highest BCUT2D eigenvalue weighted by atomic mass is 16.5. The lowest BCUT2D eigenvalue weighted by molar-refractivity contribution is 0.125. The zero-order chi connectivity index (χ0) is 10.1. The van der Waals surface area contributed by atoms with E-state index >= 15 is 0 Å². The summed E-state index contributed by atoms with van der Waals surface area (Å²) in [5.41, 5.74) is 0. The summed E-state index contributed by atoms with van der Waals surface area (Å²) in [7, 11) is 1.27. The highest BCUT2D eigenvalue weighted by Gasteiger charge is 2.11. The third-order valence-electron chi connectivity index (χ3n) is 1.42. The fourth-order valence-electron chi connectivity index (χ4n) is 0.793. The molecule has 70 valence electrons. The minimum Gasteiger partial charge on any atom is -0.453 e. The SMILES string of the molecule is COC(=O)N(CCC#N)CCC#N. The van der Waals surface area contributed by atoms with Crippen LogP contribution in [0.4, 0.5) is 4.79 Å². The number of nitriles is 2. The number of hydrogen-bond donors (Lipinski definition) is 0. The molecule has 0 aliphatic rings. The number of methoxy groups -OCH3 is 1. The summed E-state index contributed by atoms with van der Waals surface area (Å²) in [6.07, 6.45) is 0.00614. The van der Waals surface area contributed by atoms with Crippen molar-refractivity contribution in [3.05, 3.63) is 0 Å². The van der Waals surface area contributed by atoms with E-state index in [2.05, 4.69) is 4.74 Å². The maximum absolute atomic E-state index is 11.0. The largest absolute Gasteiger partial charge is 0.453 e. The molecule has 0 N–H and O–H groups in total. The second kappa shape index (κ2) is 6.93. The molecule has 0 heterocycles. The van der Waals surface area contributed by atoms with Crippen LogP contribution < -0.4 is 0 Å². The van der Waals surface area contributed by atoms with Crippen molar-refractivity contribution in [2.24, 2.45) is 0 Å². The summed E-state index contributed by atoms with van der Waals surface area (Å²) in [4.78, 5) is 12.3. The molecule has 0 aromatic rings. The fraction of sp³-hybridized carbons (Fsp3) is 0.625. The Morgan fingerprint density at radius 3 is 2.08 bits per heavy atom. The summed E-state index contributed by atoms with van der Waals surface area (Å²) in [6, 6.07) is 3.84. The Labute approximate surface area is 77.1 Å². The number of nitrogens with zero attached hydrogens (tertiary/aromatic N) is 3. The van der Waals surface area contributed by atoms with Crippen molar-refractivity contribution in [2.75, 3.05) is 20.2 Å². The second-order valence-corrected chi connectivity index (χ2v) is 2.27. The molecule has 0 saturated heterocycles. The summed E-state index contributed by atoms with van der Waals surface area (Å²) >= 11 is 0. The highest BCUT2D eigenvalue weighted by Crippen LogP contribution is 1.96. The van der Waals surface area contributed by atoms with Crippen LogP contribution in [0.2, 0.25) is 0 Å². The van der Waals surface area contributed by atoms with Crippen LogP contribution in [-0.2, 0) is 4.74 Å². The van der Waals surface area contributed by atoms with E-state index in [-0.39, 0.29) is 12.8 Å². The van der Waals surface area contributed by atoms with Crippen molar-refractivity contribution >= 4 is 6.09 Å². The van der Waals surface area contributed by atoms with Gasteiger partial charge in [0.1, 0.15) is 0 Å². The summed E-state index contributed by atoms with van der Waals surface area (Å²) in [5.74, 6) is 0. The predicted molar refractivity (Wildman–Crippen MR) is 44.4 cm³/mol. The fourth-order valence-corrected chi connectivity index (χ4v) is 0.793. The Morgan fingerprint density at radius 1 is 1.31 bits per heavy atom. The third kappa shape index (κ3) is 4.65. The van der Waals surface area contributed by atoms with Gasteiger partial charge in [-0.05, 0) is 0 Å². The second-order valence-electron chi connectivity index (χ2n) is 2.27. The first-order chi connectivity index (χ1) is 6.26. The Balaban J connectivity index is 3.97. The predicted octanol–water partition coefficient (Wildman–Crippen LogP) is 0.882. The van der Waals surface area contributed by atoms with Crippen molar-refractivity contribution in [1.82, 2.24) is 4.90 Å². The lowest BCUT2D eigenvalue weighted by Gasteiger charge is -2.17. The van der Waals surface area contributed by atoms with Crippen LogP contribution in [-0.4, -0.2) is 31.2 Å². The molecule has 0 atom stereocenters. The van der Waals surface area contributed by atoms with Crippen LogP contribution in [0, 0.1) is 22.7 Å². The lowest BCUT2D eigenvalue weighted by Crippen LogP contribution is -2.32. The van der Waals surface area contributed by atoms with Gasteiger partial charge in [0.25, 0.3) is 0 Å². The molecule has 0 fully saturated rings. The molecule has 0 aromatic carbocycles. The summed E-state index contributed by atoms with van der Waals surface area (Å²) in [5, 5.41) is 16.6. The van der Waals surface area contributed by atoms with Gasteiger partial charge < -0.3 is 9.64 Å².